The minimum atomic E-state index is 0.552. The number of H-pyrrole nitrogens is 1. The van der Waals surface area contributed by atoms with Crippen molar-refractivity contribution >= 4 is 6.41 Å². The minimum Gasteiger partial charge on any atom is -0.347 e. The van der Waals surface area contributed by atoms with Crippen molar-refractivity contribution in [2.24, 2.45) is 0 Å². The van der Waals surface area contributed by atoms with Gasteiger partial charge >= 0.3 is 6.41 Å². The van der Waals surface area contributed by atoms with Gasteiger partial charge in [-0.15, -0.1) is 5.10 Å². The van der Waals surface area contributed by atoms with Gasteiger partial charge in [-0.1, -0.05) is 5.21 Å². The average Bonchev–Trinajstić information content (AvgIpc) is 2.41. The zero-order valence-electron chi connectivity index (χ0n) is 5.29. The maximum Gasteiger partial charge on any atom is 0.309 e. The SMILES string of the molecule is O=[C]NCCc1c[nH]nn1. The summed E-state index contributed by atoms with van der Waals surface area (Å²) in [6.07, 6.45) is 3.94. The van der Waals surface area contributed by atoms with Crippen LogP contribution in [0.5, 0.6) is 0 Å². The van der Waals surface area contributed by atoms with Gasteiger partial charge in [-0.3, -0.25) is 9.89 Å². The zero-order chi connectivity index (χ0) is 7.23. The van der Waals surface area contributed by atoms with Crippen molar-refractivity contribution in [3.05, 3.63) is 11.9 Å². The fraction of sp³-hybridized carbons (Fsp3) is 0.400. The molecule has 2 N–H and O–H groups in total. The molecule has 0 unspecified atom stereocenters. The highest BCUT2D eigenvalue weighted by molar-refractivity contribution is 5.46. The third-order valence-corrected chi connectivity index (χ3v) is 1.05. The van der Waals surface area contributed by atoms with Crippen LogP contribution >= 0.6 is 0 Å². The van der Waals surface area contributed by atoms with Gasteiger partial charge in [0.2, 0.25) is 0 Å². The van der Waals surface area contributed by atoms with E-state index in [1.807, 2.05) is 0 Å². The summed E-state index contributed by atoms with van der Waals surface area (Å²) < 4.78 is 0. The molecule has 0 saturated carbocycles. The maximum absolute atomic E-state index is 9.65. The van der Waals surface area contributed by atoms with Gasteiger partial charge in [-0.05, 0) is 0 Å². The van der Waals surface area contributed by atoms with Gasteiger partial charge in [0.15, 0.2) is 0 Å². The largest absolute Gasteiger partial charge is 0.347 e. The van der Waals surface area contributed by atoms with Crippen LogP contribution in [0.4, 0.5) is 0 Å². The lowest BCUT2D eigenvalue weighted by Gasteiger charge is -1.90. The van der Waals surface area contributed by atoms with Crippen LogP contribution in [0.3, 0.4) is 0 Å². The number of rotatable bonds is 4. The van der Waals surface area contributed by atoms with E-state index >= 15 is 0 Å². The van der Waals surface area contributed by atoms with Crippen molar-refractivity contribution in [2.45, 2.75) is 6.42 Å². The molecule has 0 aliphatic carbocycles. The van der Waals surface area contributed by atoms with Gasteiger partial charge in [0, 0.05) is 19.2 Å². The van der Waals surface area contributed by atoms with Gasteiger partial charge in [0.05, 0.1) is 5.69 Å². The van der Waals surface area contributed by atoms with Crippen molar-refractivity contribution in [3.63, 3.8) is 0 Å². The molecule has 5 nitrogen and oxygen atoms in total. The van der Waals surface area contributed by atoms with Gasteiger partial charge in [0.1, 0.15) is 0 Å². The lowest BCUT2D eigenvalue weighted by molar-refractivity contribution is 0.542. The molecule has 0 bridgehead atoms. The number of hydrogen-bond acceptors (Lipinski definition) is 3. The number of hydrogen-bond donors (Lipinski definition) is 2. The van der Waals surface area contributed by atoms with Crippen molar-refractivity contribution in [3.8, 4) is 0 Å². The summed E-state index contributed by atoms with van der Waals surface area (Å²) in [5.74, 6) is 0. The Labute approximate surface area is 57.8 Å². The molecule has 10 heavy (non-hydrogen) atoms. The molecule has 1 radical (unpaired) electrons. The lowest BCUT2D eigenvalue weighted by atomic mass is 10.3. The normalized spacial score (nSPS) is 9.20. The molecule has 0 saturated heterocycles. The molecule has 0 aromatic carbocycles. The summed E-state index contributed by atoms with van der Waals surface area (Å²) in [4.78, 5) is 9.65. The van der Waals surface area contributed by atoms with Crippen molar-refractivity contribution in [2.75, 3.05) is 6.54 Å². The van der Waals surface area contributed by atoms with Crippen LogP contribution < -0.4 is 5.32 Å². The molecule has 0 spiro atoms. The Hall–Kier alpha value is -1.39. The maximum atomic E-state index is 9.65. The molecule has 53 valence electrons. The van der Waals surface area contributed by atoms with Crippen LogP contribution in [0.2, 0.25) is 0 Å². The molecule has 1 aromatic heterocycles. The van der Waals surface area contributed by atoms with Crippen LogP contribution in [0, 0.1) is 0 Å². The fourth-order valence-corrected chi connectivity index (χ4v) is 0.589. The van der Waals surface area contributed by atoms with Gasteiger partial charge < -0.3 is 5.32 Å². The first-order valence-electron chi connectivity index (χ1n) is 2.89. The quantitative estimate of drug-likeness (QED) is 0.415. The van der Waals surface area contributed by atoms with Gasteiger partial charge in [0.25, 0.3) is 0 Å². The first-order chi connectivity index (χ1) is 4.93. The topological polar surface area (TPSA) is 70.7 Å². The first kappa shape index (κ1) is 6.73. The Bertz CT molecular complexity index is 184. The molecule has 1 heterocycles. The first-order valence-corrected chi connectivity index (χ1v) is 2.89. The van der Waals surface area contributed by atoms with Crippen molar-refractivity contribution in [1.29, 1.82) is 0 Å². The lowest BCUT2D eigenvalue weighted by Crippen LogP contribution is -2.14. The summed E-state index contributed by atoms with van der Waals surface area (Å²) >= 11 is 0. The molecule has 5 heteroatoms. The van der Waals surface area contributed by atoms with Gasteiger partial charge in [-0.2, -0.15) is 0 Å². The van der Waals surface area contributed by atoms with E-state index in [-0.39, 0.29) is 0 Å². The Balaban J connectivity index is 2.21. The van der Waals surface area contributed by atoms with Crippen molar-refractivity contribution < 1.29 is 4.79 Å². The van der Waals surface area contributed by atoms with Crippen molar-refractivity contribution in [1.82, 2.24) is 20.7 Å². The number of aromatic nitrogens is 3. The number of aromatic amines is 1. The van der Waals surface area contributed by atoms with E-state index in [1.54, 1.807) is 12.6 Å². The Morgan fingerprint density at radius 1 is 1.80 bits per heavy atom. The second kappa shape index (κ2) is 3.60. The Morgan fingerprint density at radius 2 is 2.70 bits per heavy atom. The third-order valence-electron chi connectivity index (χ3n) is 1.05. The molecule has 1 amide bonds. The molecule has 0 aliphatic heterocycles. The third kappa shape index (κ3) is 1.85. The average molecular weight is 139 g/mol. The van der Waals surface area contributed by atoms with E-state index < -0.39 is 0 Å². The number of nitrogens with one attached hydrogen (secondary N) is 2. The van der Waals surface area contributed by atoms with E-state index in [1.165, 1.54) is 0 Å². The molecular weight excluding hydrogens is 132 g/mol. The predicted octanol–water partition coefficient (Wildman–Crippen LogP) is -0.996. The summed E-state index contributed by atoms with van der Waals surface area (Å²) in [5, 5.41) is 12.2. The minimum absolute atomic E-state index is 0.552. The number of amides is 1. The fourth-order valence-electron chi connectivity index (χ4n) is 0.589. The summed E-state index contributed by atoms with van der Waals surface area (Å²) in [6, 6.07) is 0. The highest BCUT2D eigenvalue weighted by atomic mass is 16.1. The van der Waals surface area contributed by atoms with Crippen LogP contribution in [-0.4, -0.2) is 28.4 Å². The van der Waals surface area contributed by atoms with E-state index in [4.69, 9.17) is 0 Å². The highest BCUT2D eigenvalue weighted by Crippen LogP contribution is 1.86. The number of nitrogens with zero attached hydrogens (tertiary/aromatic N) is 2. The summed E-state index contributed by atoms with van der Waals surface area (Å²) in [5.41, 5.74) is 0.836. The molecule has 0 atom stereocenters. The molecule has 1 aromatic rings. The molecular formula is C5H7N4O. The second-order valence-electron chi connectivity index (χ2n) is 1.74. The molecule has 0 fully saturated rings. The molecule has 1 rings (SSSR count). The van der Waals surface area contributed by atoms with E-state index in [0.717, 1.165) is 5.69 Å². The van der Waals surface area contributed by atoms with Gasteiger partial charge in [-0.25, -0.2) is 0 Å². The molecule has 0 aliphatic rings. The van der Waals surface area contributed by atoms with Crippen LogP contribution in [0.25, 0.3) is 0 Å². The highest BCUT2D eigenvalue weighted by Gasteiger charge is 1.92. The number of carbonyl (C=O) groups excluding carboxylic acids is 1. The predicted molar refractivity (Wildman–Crippen MR) is 33.8 cm³/mol. The van der Waals surface area contributed by atoms with Crippen LogP contribution in [-0.2, 0) is 11.2 Å². The monoisotopic (exact) mass is 139 g/mol. The van der Waals surface area contributed by atoms with Crippen LogP contribution in [0.1, 0.15) is 5.69 Å². The van der Waals surface area contributed by atoms with E-state index in [2.05, 4.69) is 20.7 Å². The zero-order valence-corrected chi connectivity index (χ0v) is 5.29. The van der Waals surface area contributed by atoms with E-state index in [0.29, 0.717) is 13.0 Å². The second-order valence-corrected chi connectivity index (χ2v) is 1.74. The summed E-state index contributed by atoms with van der Waals surface area (Å²) in [6.45, 7) is 0.552. The van der Waals surface area contributed by atoms with Crippen LogP contribution in [0.15, 0.2) is 6.20 Å². The standard InChI is InChI=1S/C5H7N4O/c10-4-6-2-1-5-3-7-9-8-5/h3H,1-2H2,(H,6,10)(H,7,8,9). The van der Waals surface area contributed by atoms with E-state index in [9.17, 15) is 4.79 Å². The Morgan fingerprint density at radius 3 is 3.30 bits per heavy atom. The summed E-state index contributed by atoms with van der Waals surface area (Å²) in [7, 11) is 0. The Kier molecular flexibility index (Phi) is 2.42. The smallest absolute Gasteiger partial charge is 0.309 e.